The first-order chi connectivity index (χ1) is 13.8. The maximum Gasteiger partial charge on any atom is 0.319 e. The van der Waals surface area contributed by atoms with E-state index in [0.717, 1.165) is 42.1 Å². The molecule has 0 unspecified atom stereocenters. The van der Waals surface area contributed by atoms with Crippen LogP contribution in [0, 0.1) is 5.92 Å². The smallest absolute Gasteiger partial charge is 0.319 e. The van der Waals surface area contributed by atoms with Crippen LogP contribution in [0.25, 0.3) is 10.9 Å². The molecule has 1 aromatic heterocycles. The number of amides is 2. The highest BCUT2D eigenvalue weighted by Crippen LogP contribution is 2.21. The number of benzene rings is 2. The van der Waals surface area contributed by atoms with Crippen molar-refractivity contribution in [2.45, 2.75) is 19.3 Å². The summed E-state index contributed by atoms with van der Waals surface area (Å²) in [6.45, 7) is 3.80. The molecule has 0 spiro atoms. The van der Waals surface area contributed by atoms with E-state index >= 15 is 0 Å². The quantitative estimate of drug-likeness (QED) is 0.602. The Balaban J connectivity index is 1.15. The van der Waals surface area contributed by atoms with Crippen LogP contribution < -0.4 is 10.6 Å². The van der Waals surface area contributed by atoms with Crippen LogP contribution in [-0.2, 0) is 6.42 Å². The molecule has 3 aromatic rings. The predicted molar refractivity (Wildman–Crippen MR) is 115 cm³/mol. The van der Waals surface area contributed by atoms with E-state index in [1.54, 1.807) is 0 Å². The van der Waals surface area contributed by atoms with Crippen molar-refractivity contribution in [3.05, 3.63) is 66.4 Å². The number of likely N-dealkylation sites (tertiary alicyclic amines) is 1. The minimum Gasteiger partial charge on any atom is -0.361 e. The van der Waals surface area contributed by atoms with Gasteiger partial charge in [-0.2, -0.15) is 0 Å². The standard InChI is InChI=1S/C23H28N4O/c28-23(26-21-7-6-20-8-11-24-22(20)17-21)25-12-15-27-13-9-19(10-14-27)16-18-4-2-1-3-5-18/h1-8,11,17,19,24H,9-10,12-16H2,(H2,25,26,28). The van der Waals surface area contributed by atoms with Crippen molar-refractivity contribution >= 4 is 22.6 Å². The number of H-pyrrole nitrogens is 1. The number of nitrogens with one attached hydrogen (secondary N) is 3. The van der Waals surface area contributed by atoms with Gasteiger partial charge in [-0.05, 0) is 67.4 Å². The Morgan fingerprint density at radius 2 is 1.89 bits per heavy atom. The molecule has 4 rings (SSSR count). The molecule has 1 fully saturated rings. The Kier molecular flexibility index (Phi) is 5.92. The van der Waals surface area contributed by atoms with E-state index in [2.05, 4.69) is 50.8 Å². The number of carbonyl (C=O) groups excluding carboxylic acids is 1. The normalized spacial score (nSPS) is 15.6. The number of urea groups is 1. The fourth-order valence-corrected chi connectivity index (χ4v) is 3.99. The average molecular weight is 377 g/mol. The summed E-state index contributed by atoms with van der Waals surface area (Å²) < 4.78 is 0. The molecule has 5 heteroatoms. The third kappa shape index (κ3) is 4.93. The van der Waals surface area contributed by atoms with Gasteiger partial charge in [-0.1, -0.05) is 36.4 Å². The Bertz CT molecular complexity index is 897. The number of rotatable bonds is 6. The van der Waals surface area contributed by atoms with Crippen LogP contribution in [0.3, 0.4) is 0 Å². The molecule has 146 valence electrons. The molecular weight excluding hydrogens is 348 g/mol. The molecule has 0 radical (unpaired) electrons. The van der Waals surface area contributed by atoms with Crippen molar-refractivity contribution in [1.82, 2.24) is 15.2 Å². The molecule has 2 aromatic carbocycles. The van der Waals surface area contributed by atoms with Gasteiger partial charge in [0, 0.05) is 30.5 Å². The highest BCUT2D eigenvalue weighted by Gasteiger charge is 2.19. The van der Waals surface area contributed by atoms with Crippen LogP contribution in [0.4, 0.5) is 10.5 Å². The van der Waals surface area contributed by atoms with Gasteiger partial charge < -0.3 is 20.5 Å². The molecule has 28 heavy (non-hydrogen) atoms. The minimum atomic E-state index is -0.148. The van der Waals surface area contributed by atoms with Gasteiger partial charge in [-0.3, -0.25) is 0 Å². The van der Waals surface area contributed by atoms with Crippen molar-refractivity contribution in [2.24, 2.45) is 5.92 Å². The third-order valence-electron chi connectivity index (χ3n) is 5.60. The Morgan fingerprint density at radius 3 is 2.71 bits per heavy atom. The summed E-state index contributed by atoms with van der Waals surface area (Å²) in [5.41, 5.74) is 3.27. The lowest BCUT2D eigenvalue weighted by molar-refractivity contribution is 0.184. The van der Waals surface area contributed by atoms with E-state index in [9.17, 15) is 4.79 Å². The predicted octanol–water partition coefficient (Wildman–Crippen LogP) is 4.24. The Morgan fingerprint density at radius 1 is 1.07 bits per heavy atom. The van der Waals surface area contributed by atoms with Gasteiger partial charge in [-0.15, -0.1) is 0 Å². The van der Waals surface area contributed by atoms with Gasteiger partial charge in [0.05, 0.1) is 0 Å². The van der Waals surface area contributed by atoms with Gasteiger partial charge in [0.1, 0.15) is 0 Å². The van der Waals surface area contributed by atoms with Crippen molar-refractivity contribution < 1.29 is 4.79 Å². The monoisotopic (exact) mass is 376 g/mol. The fourth-order valence-electron chi connectivity index (χ4n) is 3.99. The van der Waals surface area contributed by atoms with E-state index in [1.165, 1.54) is 24.8 Å². The molecule has 0 atom stereocenters. The number of aromatic amines is 1. The number of fused-ring (bicyclic) bond motifs is 1. The number of anilines is 1. The molecule has 2 amide bonds. The van der Waals surface area contributed by atoms with E-state index < -0.39 is 0 Å². The first kappa shape index (κ1) is 18.6. The van der Waals surface area contributed by atoms with E-state index in [4.69, 9.17) is 0 Å². The SMILES string of the molecule is O=C(NCCN1CCC(Cc2ccccc2)CC1)Nc1ccc2cc[nH]c2c1. The summed E-state index contributed by atoms with van der Waals surface area (Å²) in [6.07, 6.45) is 5.55. The van der Waals surface area contributed by atoms with Crippen molar-refractivity contribution in [3.63, 3.8) is 0 Å². The molecule has 1 saturated heterocycles. The first-order valence-electron chi connectivity index (χ1n) is 10.1. The van der Waals surface area contributed by atoms with Gasteiger partial charge in [0.15, 0.2) is 0 Å². The summed E-state index contributed by atoms with van der Waals surface area (Å²) in [4.78, 5) is 17.7. The zero-order valence-electron chi connectivity index (χ0n) is 16.2. The minimum absolute atomic E-state index is 0.148. The second-order valence-corrected chi connectivity index (χ2v) is 7.64. The van der Waals surface area contributed by atoms with Crippen LogP contribution in [0.5, 0.6) is 0 Å². The van der Waals surface area contributed by atoms with Crippen LogP contribution in [0.1, 0.15) is 18.4 Å². The van der Waals surface area contributed by atoms with Crippen LogP contribution in [-0.4, -0.2) is 42.1 Å². The fraction of sp³-hybridized carbons (Fsp3) is 0.348. The lowest BCUT2D eigenvalue weighted by Gasteiger charge is -2.32. The first-order valence-corrected chi connectivity index (χ1v) is 10.1. The van der Waals surface area contributed by atoms with Gasteiger partial charge in [-0.25, -0.2) is 4.79 Å². The number of carbonyl (C=O) groups is 1. The van der Waals surface area contributed by atoms with Crippen LogP contribution in [0.2, 0.25) is 0 Å². The summed E-state index contributed by atoms with van der Waals surface area (Å²) in [5, 5.41) is 7.02. The number of nitrogens with zero attached hydrogens (tertiary/aromatic N) is 1. The second kappa shape index (κ2) is 8.93. The highest BCUT2D eigenvalue weighted by atomic mass is 16.2. The van der Waals surface area contributed by atoms with Crippen molar-refractivity contribution in [2.75, 3.05) is 31.5 Å². The van der Waals surface area contributed by atoms with Crippen LogP contribution in [0.15, 0.2) is 60.8 Å². The number of hydrogen-bond acceptors (Lipinski definition) is 2. The number of aromatic nitrogens is 1. The second-order valence-electron chi connectivity index (χ2n) is 7.64. The van der Waals surface area contributed by atoms with Crippen LogP contribution >= 0.6 is 0 Å². The topological polar surface area (TPSA) is 60.2 Å². The molecule has 5 nitrogen and oxygen atoms in total. The summed E-state index contributed by atoms with van der Waals surface area (Å²) in [6, 6.07) is 18.5. The third-order valence-corrected chi connectivity index (χ3v) is 5.60. The molecule has 0 saturated carbocycles. The van der Waals surface area contributed by atoms with E-state index in [1.807, 2.05) is 30.5 Å². The lowest BCUT2D eigenvalue weighted by Crippen LogP contribution is -2.40. The molecular formula is C23H28N4O. The van der Waals surface area contributed by atoms with E-state index in [-0.39, 0.29) is 6.03 Å². The largest absolute Gasteiger partial charge is 0.361 e. The zero-order chi connectivity index (χ0) is 19.2. The number of hydrogen-bond donors (Lipinski definition) is 3. The van der Waals surface area contributed by atoms with Gasteiger partial charge in [0.25, 0.3) is 0 Å². The molecule has 2 heterocycles. The molecule has 1 aliphatic heterocycles. The average Bonchev–Trinajstić information content (AvgIpc) is 3.18. The summed E-state index contributed by atoms with van der Waals surface area (Å²) >= 11 is 0. The maximum atomic E-state index is 12.1. The molecule has 3 N–H and O–H groups in total. The zero-order valence-corrected chi connectivity index (χ0v) is 16.2. The van der Waals surface area contributed by atoms with Gasteiger partial charge >= 0.3 is 6.03 Å². The maximum absolute atomic E-state index is 12.1. The lowest BCUT2D eigenvalue weighted by atomic mass is 9.90. The molecule has 0 bridgehead atoms. The molecule has 1 aliphatic rings. The Hall–Kier alpha value is -2.79. The highest BCUT2D eigenvalue weighted by molar-refractivity contribution is 5.92. The summed E-state index contributed by atoms with van der Waals surface area (Å²) in [5.74, 6) is 0.776. The Labute approximate surface area is 166 Å². The van der Waals surface area contributed by atoms with E-state index in [0.29, 0.717) is 6.54 Å². The number of piperidine rings is 1. The molecule has 0 aliphatic carbocycles. The van der Waals surface area contributed by atoms with Crippen molar-refractivity contribution in [3.8, 4) is 0 Å². The summed E-state index contributed by atoms with van der Waals surface area (Å²) in [7, 11) is 0. The van der Waals surface area contributed by atoms with Gasteiger partial charge in [0.2, 0.25) is 0 Å². The van der Waals surface area contributed by atoms with Crippen molar-refractivity contribution in [1.29, 1.82) is 0 Å².